The van der Waals surface area contributed by atoms with Gasteiger partial charge in [0.15, 0.2) is 0 Å². The summed E-state index contributed by atoms with van der Waals surface area (Å²) < 4.78 is 0. The van der Waals surface area contributed by atoms with Crippen molar-refractivity contribution in [1.82, 2.24) is 0 Å². The van der Waals surface area contributed by atoms with Gasteiger partial charge in [0.1, 0.15) is 5.78 Å². The Morgan fingerprint density at radius 3 is 1.68 bits per heavy atom. The van der Waals surface area contributed by atoms with Crippen LogP contribution in [0.1, 0.15) is 110 Å². The molecule has 0 radical (unpaired) electrons. The Kier molecular flexibility index (Phi) is 16.7. The lowest BCUT2D eigenvalue weighted by atomic mass is 9.94. The minimum atomic E-state index is 0.331. The second-order valence-electron chi connectivity index (χ2n) is 7.02. The van der Waals surface area contributed by atoms with Gasteiger partial charge in [-0.1, -0.05) is 77.6 Å². The molecule has 0 aliphatic rings. The highest BCUT2D eigenvalue weighted by molar-refractivity contribution is 5.75. The maximum atomic E-state index is 10.8. The van der Waals surface area contributed by atoms with Crippen molar-refractivity contribution >= 4 is 5.78 Å². The molecule has 0 amide bonds. The van der Waals surface area contributed by atoms with Crippen LogP contribution in [0.5, 0.6) is 0 Å². The fourth-order valence-electron chi connectivity index (χ4n) is 3.11. The molecular weight excluding hydrogens is 270 g/mol. The van der Waals surface area contributed by atoms with E-state index in [4.69, 9.17) is 5.73 Å². The monoisotopic (exact) mass is 311 g/mol. The highest BCUT2D eigenvalue weighted by Crippen LogP contribution is 2.18. The summed E-state index contributed by atoms with van der Waals surface area (Å²) in [5.74, 6) is 1.07. The SMILES string of the molecule is CCCCCCCCCC(CN)CCCCCCCC(C)=O. The molecule has 0 aromatic rings. The van der Waals surface area contributed by atoms with Crippen molar-refractivity contribution < 1.29 is 4.79 Å². The van der Waals surface area contributed by atoms with E-state index in [0.717, 1.165) is 25.3 Å². The normalized spacial score (nSPS) is 12.5. The minimum absolute atomic E-state index is 0.331. The molecule has 2 N–H and O–H groups in total. The summed E-state index contributed by atoms with van der Waals surface area (Å²) in [5, 5.41) is 0. The van der Waals surface area contributed by atoms with Gasteiger partial charge in [-0.05, 0) is 38.6 Å². The van der Waals surface area contributed by atoms with Gasteiger partial charge in [0, 0.05) is 6.42 Å². The van der Waals surface area contributed by atoms with Crippen LogP contribution >= 0.6 is 0 Å². The van der Waals surface area contributed by atoms with Crippen LogP contribution in [-0.4, -0.2) is 12.3 Å². The summed E-state index contributed by atoms with van der Waals surface area (Å²) in [5.41, 5.74) is 5.91. The van der Waals surface area contributed by atoms with Crippen molar-refractivity contribution in [3.63, 3.8) is 0 Å². The molecule has 1 atom stereocenters. The summed E-state index contributed by atoms with van der Waals surface area (Å²) in [6.07, 6.45) is 19.3. The van der Waals surface area contributed by atoms with Crippen molar-refractivity contribution in [1.29, 1.82) is 0 Å². The number of ketones is 1. The van der Waals surface area contributed by atoms with Crippen LogP contribution in [0.25, 0.3) is 0 Å². The summed E-state index contributed by atoms with van der Waals surface area (Å²) in [7, 11) is 0. The molecule has 0 fully saturated rings. The van der Waals surface area contributed by atoms with Crippen molar-refractivity contribution in [3.05, 3.63) is 0 Å². The summed E-state index contributed by atoms with van der Waals surface area (Å²) in [6.45, 7) is 4.82. The predicted octanol–water partition coefficient (Wildman–Crippen LogP) is 6.02. The van der Waals surface area contributed by atoms with Crippen LogP contribution in [-0.2, 0) is 4.79 Å². The minimum Gasteiger partial charge on any atom is -0.330 e. The molecule has 0 bridgehead atoms. The molecule has 0 heterocycles. The molecule has 2 nitrogen and oxygen atoms in total. The smallest absolute Gasteiger partial charge is 0.129 e. The zero-order valence-electron chi connectivity index (χ0n) is 15.4. The Morgan fingerprint density at radius 1 is 0.773 bits per heavy atom. The summed E-state index contributed by atoms with van der Waals surface area (Å²) in [4.78, 5) is 10.8. The van der Waals surface area contributed by atoms with Gasteiger partial charge in [-0.3, -0.25) is 0 Å². The lowest BCUT2D eigenvalue weighted by Gasteiger charge is -2.14. The largest absolute Gasteiger partial charge is 0.330 e. The lowest BCUT2D eigenvalue weighted by Crippen LogP contribution is -2.14. The van der Waals surface area contributed by atoms with Crippen LogP contribution in [0.15, 0.2) is 0 Å². The third-order valence-corrected chi connectivity index (χ3v) is 4.69. The van der Waals surface area contributed by atoms with Gasteiger partial charge in [-0.25, -0.2) is 0 Å². The lowest BCUT2D eigenvalue weighted by molar-refractivity contribution is -0.117. The Labute approximate surface area is 139 Å². The standard InChI is InChI=1S/C20H41NO/c1-3-4-5-6-7-10-13-16-20(18-21)17-14-11-8-9-12-15-19(2)22/h20H,3-18,21H2,1-2H3. The number of carbonyl (C=O) groups excluding carboxylic acids is 1. The van der Waals surface area contributed by atoms with E-state index < -0.39 is 0 Å². The number of rotatable bonds is 17. The van der Waals surface area contributed by atoms with E-state index in [1.807, 2.05) is 0 Å². The number of hydrogen-bond donors (Lipinski definition) is 1. The molecule has 2 heteroatoms. The molecular formula is C20H41NO. The Balaban J connectivity index is 3.34. The van der Waals surface area contributed by atoms with Crippen LogP contribution in [0, 0.1) is 5.92 Å². The average molecular weight is 312 g/mol. The summed E-state index contributed by atoms with van der Waals surface area (Å²) in [6, 6.07) is 0. The molecule has 0 aromatic carbocycles. The van der Waals surface area contributed by atoms with Gasteiger partial charge < -0.3 is 10.5 Å². The first-order chi connectivity index (χ1) is 10.7. The highest BCUT2D eigenvalue weighted by atomic mass is 16.1. The van der Waals surface area contributed by atoms with E-state index in [1.54, 1.807) is 6.92 Å². The van der Waals surface area contributed by atoms with Crippen molar-refractivity contribution in [2.75, 3.05) is 6.54 Å². The van der Waals surface area contributed by atoms with E-state index >= 15 is 0 Å². The quantitative estimate of drug-likeness (QED) is 0.334. The van der Waals surface area contributed by atoms with E-state index in [2.05, 4.69) is 6.92 Å². The van der Waals surface area contributed by atoms with Gasteiger partial charge in [-0.2, -0.15) is 0 Å². The Hall–Kier alpha value is -0.370. The van der Waals surface area contributed by atoms with Crippen LogP contribution in [0.2, 0.25) is 0 Å². The van der Waals surface area contributed by atoms with Crippen molar-refractivity contribution in [2.24, 2.45) is 11.7 Å². The Bertz CT molecular complexity index is 240. The molecule has 0 saturated heterocycles. The maximum absolute atomic E-state index is 10.8. The Morgan fingerprint density at radius 2 is 1.23 bits per heavy atom. The number of unbranched alkanes of at least 4 members (excludes halogenated alkanes) is 10. The third kappa shape index (κ3) is 16.0. The van der Waals surface area contributed by atoms with Crippen molar-refractivity contribution in [3.8, 4) is 0 Å². The zero-order chi connectivity index (χ0) is 16.5. The molecule has 0 aliphatic heterocycles. The fraction of sp³-hybridized carbons (Fsp3) is 0.950. The first-order valence-corrected chi connectivity index (χ1v) is 9.90. The first-order valence-electron chi connectivity index (χ1n) is 9.90. The third-order valence-electron chi connectivity index (χ3n) is 4.69. The van der Waals surface area contributed by atoms with Gasteiger partial charge >= 0.3 is 0 Å². The molecule has 132 valence electrons. The molecule has 22 heavy (non-hydrogen) atoms. The average Bonchev–Trinajstić information content (AvgIpc) is 2.50. The highest BCUT2D eigenvalue weighted by Gasteiger charge is 2.06. The van der Waals surface area contributed by atoms with Crippen LogP contribution in [0.3, 0.4) is 0 Å². The van der Waals surface area contributed by atoms with E-state index in [0.29, 0.717) is 5.78 Å². The molecule has 0 rings (SSSR count). The fourth-order valence-corrected chi connectivity index (χ4v) is 3.11. The number of hydrogen-bond acceptors (Lipinski definition) is 2. The second kappa shape index (κ2) is 17.0. The van der Waals surface area contributed by atoms with Crippen LogP contribution < -0.4 is 5.73 Å². The summed E-state index contributed by atoms with van der Waals surface area (Å²) >= 11 is 0. The number of Topliss-reactive ketones (excluding diaryl/α,β-unsaturated/α-hetero) is 1. The van der Waals surface area contributed by atoms with Gasteiger partial charge in [0.2, 0.25) is 0 Å². The topological polar surface area (TPSA) is 43.1 Å². The molecule has 1 unspecified atom stereocenters. The van der Waals surface area contributed by atoms with Gasteiger partial charge in [-0.15, -0.1) is 0 Å². The van der Waals surface area contributed by atoms with Crippen LogP contribution in [0.4, 0.5) is 0 Å². The van der Waals surface area contributed by atoms with E-state index in [1.165, 1.54) is 83.5 Å². The first kappa shape index (κ1) is 21.6. The maximum Gasteiger partial charge on any atom is 0.129 e. The molecule has 0 spiro atoms. The van der Waals surface area contributed by atoms with E-state index in [9.17, 15) is 4.79 Å². The zero-order valence-corrected chi connectivity index (χ0v) is 15.4. The van der Waals surface area contributed by atoms with Crippen molar-refractivity contribution in [2.45, 2.75) is 110 Å². The number of nitrogens with two attached hydrogens (primary N) is 1. The molecule has 0 aliphatic carbocycles. The number of carbonyl (C=O) groups is 1. The molecule has 0 aromatic heterocycles. The second-order valence-corrected chi connectivity index (χ2v) is 7.02. The van der Waals surface area contributed by atoms with E-state index in [-0.39, 0.29) is 0 Å². The molecule has 0 saturated carbocycles. The predicted molar refractivity (Wildman–Crippen MR) is 98.2 cm³/mol. The van der Waals surface area contributed by atoms with Gasteiger partial charge in [0.25, 0.3) is 0 Å². The van der Waals surface area contributed by atoms with Gasteiger partial charge in [0.05, 0.1) is 0 Å².